The van der Waals surface area contributed by atoms with Crippen LogP contribution in [0, 0.1) is 12.3 Å². The van der Waals surface area contributed by atoms with Gasteiger partial charge in [-0.05, 0) is 59.5 Å². The van der Waals surface area contributed by atoms with Crippen molar-refractivity contribution in [2.45, 2.75) is 91.0 Å². The molecule has 0 atom stereocenters. The van der Waals surface area contributed by atoms with Crippen molar-refractivity contribution in [2.75, 3.05) is 0 Å². The molecule has 0 N–H and O–H groups in total. The predicted molar refractivity (Wildman–Crippen MR) is 118 cm³/mol. The van der Waals surface area contributed by atoms with Gasteiger partial charge in [0.05, 0.1) is 13.2 Å². The summed E-state index contributed by atoms with van der Waals surface area (Å²) in [7, 11) is -3.61. The summed E-state index contributed by atoms with van der Waals surface area (Å²) in [6.07, 6.45) is 5.61. The molecule has 0 radical (unpaired) electrons. The topological polar surface area (TPSA) is 18.5 Å². The van der Waals surface area contributed by atoms with Gasteiger partial charge >= 0.3 is 0 Å². The number of terminal acetylenes is 1. The fourth-order valence-electron chi connectivity index (χ4n) is 1.94. The van der Waals surface area contributed by atoms with Crippen LogP contribution in [0.25, 0.3) is 0 Å². The number of hydrogen-bond donors (Lipinski definition) is 0. The lowest BCUT2D eigenvalue weighted by Gasteiger charge is -2.37. The molecule has 0 saturated carbocycles. The SMILES string of the molecule is C#Cc1ccc(CO[Si](C)(C)C(C)(C)C)c(CO[Si](C)(C)C(C)(C)C)c1. The molecule has 1 aromatic carbocycles. The van der Waals surface area contributed by atoms with Crippen LogP contribution in [0.3, 0.4) is 0 Å². The summed E-state index contributed by atoms with van der Waals surface area (Å²) in [6, 6.07) is 6.18. The second-order valence-electron chi connectivity index (χ2n) is 10.2. The fraction of sp³-hybridized carbons (Fsp3) is 0.636. The third-order valence-electron chi connectivity index (χ3n) is 6.16. The first-order valence-corrected chi connectivity index (χ1v) is 15.3. The monoisotopic (exact) mass is 390 g/mol. The first kappa shape index (κ1) is 23.2. The minimum absolute atomic E-state index is 0.189. The van der Waals surface area contributed by atoms with Crippen molar-refractivity contribution in [1.82, 2.24) is 0 Å². The molecule has 0 saturated heterocycles. The summed E-state index contributed by atoms with van der Waals surface area (Å²) in [5.74, 6) is 2.74. The van der Waals surface area contributed by atoms with Crippen LogP contribution in [0.1, 0.15) is 58.2 Å². The molecule has 2 nitrogen and oxygen atoms in total. The molecular formula is C22H38O2Si2. The van der Waals surface area contributed by atoms with Crippen molar-refractivity contribution < 1.29 is 8.85 Å². The molecule has 0 aliphatic rings. The van der Waals surface area contributed by atoms with Crippen molar-refractivity contribution in [3.05, 3.63) is 34.9 Å². The molecule has 0 unspecified atom stereocenters. The molecule has 0 fully saturated rings. The zero-order valence-corrected chi connectivity index (χ0v) is 20.5. The van der Waals surface area contributed by atoms with Crippen LogP contribution < -0.4 is 0 Å². The maximum absolute atomic E-state index is 6.45. The minimum atomic E-state index is -1.81. The maximum atomic E-state index is 6.45. The standard InChI is InChI=1S/C22H38O2Si2/c1-12-18-13-14-19(16-23-25(8,9)21(2,3)4)20(15-18)17-24-26(10,11)22(5,6)7/h1,13-15H,16-17H2,2-11H3. The average molecular weight is 391 g/mol. The third-order valence-corrected chi connectivity index (χ3v) is 15.1. The molecular weight excluding hydrogens is 352 g/mol. The highest BCUT2D eigenvalue weighted by atomic mass is 28.4. The lowest BCUT2D eigenvalue weighted by molar-refractivity contribution is 0.257. The minimum Gasteiger partial charge on any atom is -0.413 e. The Morgan fingerprint density at radius 1 is 0.808 bits per heavy atom. The van der Waals surface area contributed by atoms with Gasteiger partial charge in [-0.25, -0.2) is 0 Å². The normalized spacial score (nSPS) is 13.6. The van der Waals surface area contributed by atoms with Crippen molar-refractivity contribution in [3.8, 4) is 12.3 Å². The van der Waals surface area contributed by atoms with E-state index in [-0.39, 0.29) is 10.1 Å². The maximum Gasteiger partial charge on any atom is 0.192 e. The van der Waals surface area contributed by atoms with Gasteiger partial charge in [-0.15, -0.1) is 6.42 Å². The molecule has 0 spiro atoms. The fourth-order valence-corrected chi connectivity index (χ4v) is 3.84. The Hall–Kier alpha value is -0.866. The Morgan fingerprint density at radius 3 is 1.62 bits per heavy atom. The van der Waals surface area contributed by atoms with Crippen LogP contribution in [0.2, 0.25) is 36.3 Å². The Labute approximate surface area is 164 Å². The second kappa shape index (κ2) is 8.02. The van der Waals surface area contributed by atoms with Crippen LogP contribution in [0.4, 0.5) is 0 Å². The van der Waals surface area contributed by atoms with Crippen LogP contribution in [0.5, 0.6) is 0 Å². The van der Waals surface area contributed by atoms with Crippen molar-refractivity contribution >= 4 is 16.6 Å². The zero-order chi connectivity index (χ0) is 20.4. The average Bonchev–Trinajstić information content (AvgIpc) is 2.49. The predicted octanol–water partition coefficient (Wildman–Crippen LogP) is 6.71. The molecule has 0 aliphatic carbocycles. The Morgan fingerprint density at radius 2 is 1.23 bits per heavy atom. The lowest BCUT2D eigenvalue weighted by atomic mass is 10.1. The number of rotatable bonds is 6. The van der Waals surface area contributed by atoms with Crippen LogP contribution in [0.15, 0.2) is 18.2 Å². The molecule has 1 aromatic rings. The molecule has 0 heterocycles. The van der Waals surface area contributed by atoms with E-state index in [4.69, 9.17) is 15.3 Å². The van der Waals surface area contributed by atoms with Crippen molar-refractivity contribution in [2.24, 2.45) is 0 Å². The van der Waals surface area contributed by atoms with Gasteiger partial charge in [0.2, 0.25) is 0 Å². The largest absolute Gasteiger partial charge is 0.413 e. The van der Waals surface area contributed by atoms with Gasteiger partial charge in [-0.2, -0.15) is 0 Å². The number of benzene rings is 1. The van der Waals surface area contributed by atoms with E-state index in [1.807, 2.05) is 6.07 Å². The highest BCUT2D eigenvalue weighted by molar-refractivity contribution is 6.74. The molecule has 0 bridgehead atoms. The van der Waals surface area contributed by atoms with Gasteiger partial charge in [-0.3, -0.25) is 0 Å². The molecule has 146 valence electrons. The van der Waals surface area contributed by atoms with Gasteiger partial charge in [-0.1, -0.05) is 53.5 Å². The van der Waals surface area contributed by atoms with E-state index in [1.165, 1.54) is 5.56 Å². The summed E-state index contributed by atoms with van der Waals surface area (Å²) in [5.41, 5.74) is 3.24. The van der Waals surface area contributed by atoms with Crippen LogP contribution >= 0.6 is 0 Å². The van der Waals surface area contributed by atoms with E-state index in [2.05, 4.69) is 85.8 Å². The van der Waals surface area contributed by atoms with Gasteiger partial charge in [0.15, 0.2) is 16.6 Å². The third kappa shape index (κ3) is 5.82. The Balaban J connectivity index is 3.03. The first-order valence-electron chi connectivity index (χ1n) is 9.47. The van der Waals surface area contributed by atoms with Crippen LogP contribution in [-0.2, 0) is 22.1 Å². The molecule has 0 aliphatic heterocycles. The molecule has 1 rings (SSSR count). The van der Waals surface area contributed by atoms with E-state index >= 15 is 0 Å². The van der Waals surface area contributed by atoms with E-state index in [9.17, 15) is 0 Å². The summed E-state index contributed by atoms with van der Waals surface area (Å²) < 4.78 is 12.9. The van der Waals surface area contributed by atoms with Gasteiger partial charge in [0.25, 0.3) is 0 Å². The second-order valence-corrected chi connectivity index (χ2v) is 19.8. The van der Waals surface area contributed by atoms with Crippen LogP contribution in [-0.4, -0.2) is 16.6 Å². The number of hydrogen-bond acceptors (Lipinski definition) is 2. The van der Waals surface area contributed by atoms with E-state index in [0.29, 0.717) is 13.2 Å². The van der Waals surface area contributed by atoms with Gasteiger partial charge in [0.1, 0.15) is 0 Å². The smallest absolute Gasteiger partial charge is 0.192 e. The Kier molecular flexibility index (Phi) is 7.15. The van der Waals surface area contributed by atoms with Gasteiger partial charge in [0, 0.05) is 5.56 Å². The highest BCUT2D eigenvalue weighted by Gasteiger charge is 2.38. The lowest BCUT2D eigenvalue weighted by Crippen LogP contribution is -2.41. The Bertz CT molecular complexity index is 656. The molecule has 4 heteroatoms. The molecule has 26 heavy (non-hydrogen) atoms. The van der Waals surface area contributed by atoms with Crippen molar-refractivity contribution in [1.29, 1.82) is 0 Å². The zero-order valence-electron chi connectivity index (χ0n) is 18.5. The van der Waals surface area contributed by atoms with E-state index < -0.39 is 16.6 Å². The first-order chi connectivity index (χ1) is 11.6. The quantitative estimate of drug-likeness (QED) is 0.397. The molecule has 0 amide bonds. The summed E-state index contributed by atoms with van der Waals surface area (Å²) in [4.78, 5) is 0. The summed E-state index contributed by atoms with van der Waals surface area (Å²) >= 11 is 0. The van der Waals surface area contributed by atoms with Gasteiger partial charge < -0.3 is 8.85 Å². The summed E-state index contributed by atoms with van der Waals surface area (Å²) in [6.45, 7) is 23.9. The molecule has 0 aromatic heterocycles. The van der Waals surface area contributed by atoms with Crippen molar-refractivity contribution in [3.63, 3.8) is 0 Å². The van der Waals surface area contributed by atoms with E-state index in [1.54, 1.807) is 0 Å². The summed E-state index contributed by atoms with van der Waals surface area (Å²) in [5, 5.41) is 0.387. The highest BCUT2D eigenvalue weighted by Crippen LogP contribution is 2.38. The van der Waals surface area contributed by atoms with E-state index in [0.717, 1.165) is 11.1 Å².